The fourth-order valence-corrected chi connectivity index (χ4v) is 2.05. The Morgan fingerprint density at radius 1 is 1.55 bits per heavy atom. The Bertz CT molecular complexity index is 543. The number of aromatic amines is 1. The Morgan fingerprint density at radius 3 is 2.65 bits per heavy atom. The average molecular weight is 290 g/mol. The van der Waals surface area contributed by atoms with E-state index >= 15 is 4.39 Å². The van der Waals surface area contributed by atoms with Crippen molar-refractivity contribution < 1.29 is 19.3 Å². The molecule has 0 saturated carbocycles. The summed E-state index contributed by atoms with van der Waals surface area (Å²) in [7, 11) is 1.27. The highest BCUT2D eigenvalue weighted by atomic mass is 19.1. The van der Waals surface area contributed by atoms with E-state index in [1.165, 1.54) is 14.0 Å². The monoisotopic (exact) mass is 290 g/mol. The lowest BCUT2D eigenvalue weighted by molar-refractivity contribution is -0.142. The van der Waals surface area contributed by atoms with Crippen LogP contribution in [0, 0.1) is 0 Å². The van der Waals surface area contributed by atoms with Crippen molar-refractivity contribution in [2.75, 3.05) is 13.7 Å². The SMILES string of the molecule is CCC(F)([C@H](O)C(CCO)OC)n1ccc(=O)[nH]c1=O. The molecule has 8 heteroatoms. The molecule has 0 bridgehead atoms. The lowest BCUT2D eigenvalue weighted by Gasteiger charge is -2.34. The van der Waals surface area contributed by atoms with Crippen molar-refractivity contribution >= 4 is 0 Å². The van der Waals surface area contributed by atoms with Gasteiger partial charge >= 0.3 is 5.69 Å². The summed E-state index contributed by atoms with van der Waals surface area (Å²) in [5, 5.41) is 19.0. The van der Waals surface area contributed by atoms with Gasteiger partial charge in [-0.2, -0.15) is 0 Å². The van der Waals surface area contributed by atoms with Crippen LogP contribution in [-0.4, -0.2) is 45.7 Å². The van der Waals surface area contributed by atoms with E-state index in [2.05, 4.69) is 0 Å². The summed E-state index contributed by atoms with van der Waals surface area (Å²) in [5.41, 5.74) is -1.61. The number of methoxy groups -OCH3 is 1. The number of hydrogen-bond donors (Lipinski definition) is 3. The first-order valence-corrected chi connectivity index (χ1v) is 6.23. The summed E-state index contributed by atoms with van der Waals surface area (Å²) in [4.78, 5) is 24.6. The molecule has 0 aliphatic rings. The highest BCUT2D eigenvalue weighted by molar-refractivity contribution is 4.94. The van der Waals surface area contributed by atoms with Crippen LogP contribution in [0.3, 0.4) is 0 Å². The van der Waals surface area contributed by atoms with Crippen LogP contribution >= 0.6 is 0 Å². The second kappa shape index (κ2) is 6.78. The molecule has 0 saturated heterocycles. The number of alkyl halides is 1. The van der Waals surface area contributed by atoms with Crippen molar-refractivity contribution in [3.63, 3.8) is 0 Å². The molecule has 0 aliphatic carbocycles. The minimum Gasteiger partial charge on any atom is -0.396 e. The minimum atomic E-state index is -2.45. The maximum atomic E-state index is 15.0. The predicted molar refractivity (Wildman–Crippen MR) is 69.2 cm³/mol. The molecule has 0 radical (unpaired) electrons. The van der Waals surface area contributed by atoms with E-state index < -0.39 is 29.2 Å². The van der Waals surface area contributed by atoms with Gasteiger partial charge in [0.25, 0.3) is 5.56 Å². The third-order valence-electron chi connectivity index (χ3n) is 3.24. The van der Waals surface area contributed by atoms with Crippen LogP contribution < -0.4 is 11.2 Å². The molecule has 2 unspecified atom stereocenters. The van der Waals surface area contributed by atoms with Crippen LogP contribution in [0.2, 0.25) is 0 Å². The predicted octanol–water partition coefficient (Wildman–Crippen LogP) is -0.673. The van der Waals surface area contributed by atoms with Gasteiger partial charge in [0.1, 0.15) is 6.10 Å². The molecule has 1 heterocycles. The van der Waals surface area contributed by atoms with Crippen LogP contribution in [0.5, 0.6) is 0 Å². The molecule has 1 rings (SSSR count). The summed E-state index contributed by atoms with van der Waals surface area (Å²) in [6.45, 7) is 1.16. The lowest BCUT2D eigenvalue weighted by Crippen LogP contribution is -2.52. The first-order chi connectivity index (χ1) is 9.40. The summed E-state index contributed by atoms with van der Waals surface area (Å²) in [5.74, 6) is -2.45. The van der Waals surface area contributed by atoms with Gasteiger partial charge in [0.2, 0.25) is 5.79 Å². The van der Waals surface area contributed by atoms with Crippen LogP contribution in [-0.2, 0) is 10.5 Å². The highest BCUT2D eigenvalue weighted by Crippen LogP contribution is 2.29. The fraction of sp³-hybridized carbons (Fsp3) is 0.667. The van der Waals surface area contributed by atoms with E-state index in [0.29, 0.717) is 4.57 Å². The molecule has 7 nitrogen and oxygen atoms in total. The molecule has 114 valence electrons. The van der Waals surface area contributed by atoms with Crippen molar-refractivity contribution in [2.45, 2.75) is 37.8 Å². The molecule has 0 amide bonds. The molecule has 0 aliphatic heterocycles. The van der Waals surface area contributed by atoms with Gasteiger partial charge in [-0.1, -0.05) is 6.92 Å². The molecule has 1 aromatic rings. The second-order valence-electron chi connectivity index (χ2n) is 4.38. The third kappa shape index (κ3) is 3.14. The van der Waals surface area contributed by atoms with Crippen molar-refractivity contribution in [3.05, 3.63) is 33.1 Å². The van der Waals surface area contributed by atoms with Crippen LogP contribution in [0.15, 0.2) is 21.9 Å². The first-order valence-electron chi connectivity index (χ1n) is 6.23. The maximum Gasteiger partial charge on any atom is 0.330 e. The Labute approximate surface area is 114 Å². The standard InChI is InChI=1S/C12H19FN2O5/c1-3-12(13,10(18)8(20-2)5-7-16)15-6-4-9(17)14-11(15)19/h4,6,8,10,16,18H,3,5,7H2,1-2H3,(H,14,17,19)/t8?,10-,12?/m1/s1. The number of H-pyrrole nitrogens is 1. The molecular formula is C12H19FN2O5. The number of aliphatic hydroxyl groups excluding tert-OH is 2. The van der Waals surface area contributed by atoms with E-state index in [0.717, 1.165) is 12.3 Å². The normalized spacial score (nSPS) is 17.4. The Hall–Kier alpha value is -1.51. The topological polar surface area (TPSA) is 105 Å². The Kier molecular flexibility index (Phi) is 5.61. The van der Waals surface area contributed by atoms with E-state index in [1.807, 2.05) is 4.98 Å². The Morgan fingerprint density at radius 2 is 2.20 bits per heavy atom. The van der Waals surface area contributed by atoms with Gasteiger partial charge in [-0.25, -0.2) is 9.18 Å². The van der Waals surface area contributed by atoms with Crippen LogP contribution in [0.4, 0.5) is 4.39 Å². The number of nitrogens with zero attached hydrogens (tertiary/aromatic N) is 1. The molecule has 0 fully saturated rings. The van der Waals surface area contributed by atoms with Gasteiger partial charge in [-0.3, -0.25) is 14.3 Å². The van der Waals surface area contributed by atoms with Crippen LogP contribution in [0.25, 0.3) is 0 Å². The summed E-state index contributed by atoms with van der Waals surface area (Å²) < 4.78 is 20.6. The fourth-order valence-electron chi connectivity index (χ4n) is 2.05. The zero-order chi connectivity index (χ0) is 15.3. The molecule has 0 spiro atoms. The number of aromatic nitrogens is 2. The zero-order valence-electron chi connectivity index (χ0n) is 11.4. The Balaban J connectivity index is 3.25. The van der Waals surface area contributed by atoms with Gasteiger partial charge in [-0.05, 0) is 6.42 Å². The van der Waals surface area contributed by atoms with E-state index in [1.54, 1.807) is 0 Å². The van der Waals surface area contributed by atoms with Gasteiger partial charge < -0.3 is 14.9 Å². The quantitative estimate of drug-likeness (QED) is 0.617. The largest absolute Gasteiger partial charge is 0.396 e. The van der Waals surface area contributed by atoms with Crippen LogP contribution in [0.1, 0.15) is 19.8 Å². The number of aliphatic hydroxyl groups is 2. The van der Waals surface area contributed by atoms with Gasteiger partial charge in [0, 0.05) is 32.4 Å². The van der Waals surface area contributed by atoms with E-state index in [9.17, 15) is 14.7 Å². The molecular weight excluding hydrogens is 271 g/mol. The van der Waals surface area contributed by atoms with E-state index in [-0.39, 0.29) is 19.4 Å². The third-order valence-corrected chi connectivity index (χ3v) is 3.24. The second-order valence-corrected chi connectivity index (χ2v) is 4.38. The molecule has 0 aromatic carbocycles. The summed E-state index contributed by atoms with van der Waals surface area (Å²) in [6.07, 6.45) is -1.87. The number of nitrogens with one attached hydrogen (secondary N) is 1. The minimum absolute atomic E-state index is 0.0153. The number of halogens is 1. The maximum absolute atomic E-state index is 15.0. The van der Waals surface area contributed by atoms with E-state index in [4.69, 9.17) is 9.84 Å². The summed E-state index contributed by atoms with van der Waals surface area (Å²) >= 11 is 0. The van der Waals surface area contributed by atoms with Gasteiger partial charge in [-0.15, -0.1) is 0 Å². The summed E-state index contributed by atoms with van der Waals surface area (Å²) in [6, 6.07) is 0.992. The highest BCUT2D eigenvalue weighted by Gasteiger charge is 2.43. The lowest BCUT2D eigenvalue weighted by atomic mass is 9.98. The number of ether oxygens (including phenoxy) is 1. The van der Waals surface area contributed by atoms with Crippen molar-refractivity contribution in [1.82, 2.24) is 9.55 Å². The molecule has 3 N–H and O–H groups in total. The first kappa shape index (κ1) is 16.5. The van der Waals surface area contributed by atoms with Crippen molar-refractivity contribution in [1.29, 1.82) is 0 Å². The molecule has 20 heavy (non-hydrogen) atoms. The number of hydrogen-bond acceptors (Lipinski definition) is 5. The van der Waals surface area contributed by atoms with Crippen molar-refractivity contribution in [2.24, 2.45) is 0 Å². The van der Waals surface area contributed by atoms with Crippen molar-refractivity contribution in [3.8, 4) is 0 Å². The van der Waals surface area contributed by atoms with Gasteiger partial charge in [0.05, 0.1) is 6.10 Å². The molecule has 3 atom stereocenters. The molecule has 1 aromatic heterocycles. The average Bonchev–Trinajstić information content (AvgIpc) is 2.43. The van der Waals surface area contributed by atoms with Gasteiger partial charge in [0.15, 0.2) is 0 Å². The zero-order valence-corrected chi connectivity index (χ0v) is 11.4. The number of rotatable bonds is 7. The smallest absolute Gasteiger partial charge is 0.330 e.